The summed E-state index contributed by atoms with van der Waals surface area (Å²) < 4.78 is 0.948. The molecule has 0 saturated carbocycles. The molecule has 1 atom stereocenters. The van der Waals surface area contributed by atoms with Crippen LogP contribution in [0.2, 0.25) is 5.02 Å². The summed E-state index contributed by atoms with van der Waals surface area (Å²) in [6.07, 6.45) is 0. The van der Waals surface area contributed by atoms with E-state index in [0.29, 0.717) is 0 Å². The topological polar surface area (TPSA) is 26.0 Å². The van der Waals surface area contributed by atoms with Crippen molar-refractivity contribution in [3.8, 4) is 0 Å². The van der Waals surface area contributed by atoms with E-state index in [4.69, 9.17) is 17.3 Å². The molecule has 0 bridgehead atoms. The van der Waals surface area contributed by atoms with Crippen LogP contribution >= 0.6 is 50.2 Å². The van der Waals surface area contributed by atoms with Crippen molar-refractivity contribution in [1.29, 1.82) is 0 Å². The quantitative estimate of drug-likeness (QED) is 0.860. The fourth-order valence-corrected chi connectivity index (χ4v) is 4.13. The Bertz CT molecular complexity index is 458. The van der Waals surface area contributed by atoms with Crippen molar-refractivity contribution in [1.82, 2.24) is 0 Å². The second kappa shape index (κ2) is 4.55. The van der Waals surface area contributed by atoms with Crippen molar-refractivity contribution >= 4 is 50.2 Å². The number of rotatable bonds is 2. The lowest BCUT2D eigenvalue weighted by molar-refractivity contribution is 0.908. The van der Waals surface area contributed by atoms with Gasteiger partial charge in [0.2, 0.25) is 0 Å². The van der Waals surface area contributed by atoms with Crippen molar-refractivity contribution in [3.05, 3.63) is 41.6 Å². The number of hydrogen-bond donors (Lipinski definition) is 1. The summed E-state index contributed by atoms with van der Waals surface area (Å²) in [4.78, 5) is 2.30. The van der Waals surface area contributed by atoms with Crippen LogP contribution in [0.4, 0.5) is 0 Å². The van der Waals surface area contributed by atoms with Gasteiger partial charge in [-0.2, -0.15) is 0 Å². The van der Waals surface area contributed by atoms with Crippen molar-refractivity contribution in [3.63, 3.8) is 0 Å². The van der Waals surface area contributed by atoms with Gasteiger partial charge in [0, 0.05) is 9.75 Å². The second-order valence-electron chi connectivity index (χ2n) is 3.22. The van der Waals surface area contributed by atoms with Crippen LogP contribution in [0.25, 0.3) is 0 Å². The monoisotopic (exact) mass is 321 g/mol. The summed E-state index contributed by atoms with van der Waals surface area (Å²) in [5.41, 5.74) is 7.43. The summed E-state index contributed by atoms with van der Waals surface area (Å²) in [5, 5.41) is 2.80. The van der Waals surface area contributed by atoms with Gasteiger partial charge < -0.3 is 5.73 Å². The molecular weight excluding hydrogens is 314 g/mol. The van der Waals surface area contributed by atoms with E-state index in [-0.39, 0.29) is 6.04 Å². The third kappa shape index (κ3) is 2.29. The molecule has 1 unspecified atom stereocenters. The largest absolute Gasteiger partial charge is 0.319 e. The van der Waals surface area contributed by atoms with Crippen LogP contribution in [-0.4, -0.2) is 0 Å². The molecule has 0 aromatic carbocycles. The molecule has 0 amide bonds. The Hall–Kier alpha value is 0.130. The number of halogens is 2. The zero-order valence-electron chi connectivity index (χ0n) is 7.96. The molecule has 0 radical (unpaired) electrons. The van der Waals surface area contributed by atoms with Gasteiger partial charge in [-0.15, -0.1) is 22.7 Å². The van der Waals surface area contributed by atoms with Gasteiger partial charge in [-0.25, -0.2) is 0 Å². The van der Waals surface area contributed by atoms with Gasteiger partial charge in [-0.3, -0.25) is 0 Å². The van der Waals surface area contributed by atoms with Crippen LogP contribution in [0.15, 0.2) is 21.3 Å². The predicted octanol–water partition coefficient (Wildman–Crippen LogP) is 4.58. The fraction of sp³-hybridized carbons (Fsp3) is 0.200. The van der Waals surface area contributed by atoms with Crippen LogP contribution in [0.1, 0.15) is 21.4 Å². The van der Waals surface area contributed by atoms with E-state index in [1.54, 1.807) is 22.7 Å². The SMILES string of the molecule is Cc1ccsc1C(N)c1cc(Cl)c(Br)s1. The Labute approximate surface area is 110 Å². The molecule has 5 heteroatoms. The highest BCUT2D eigenvalue weighted by atomic mass is 79.9. The van der Waals surface area contributed by atoms with Gasteiger partial charge in [0.25, 0.3) is 0 Å². The number of thiophene rings is 2. The van der Waals surface area contributed by atoms with E-state index < -0.39 is 0 Å². The minimum absolute atomic E-state index is 0.0567. The fourth-order valence-electron chi connectivity index (χ4n) is 1.35. The molecule has 0 spiro atoms. The average molecular weight is 323 g/mol. The lowest BCUT2D eigenvalue weighted by Gasteiger charge is -2.08. The summed E-state index contributed by atoms with van der Waals surface area (Å²) in [5.74, 6) is 0. The van der Waals surface area contributed by atoms with Gasteiger partial charge >= 0.3 is 0 Å². The number of nitrogens with two attached hydrogens (primary N) is 1. The van der Waals surface area contributed by atoms with E-state index in [1.165, 1.54) is 10.4 Å². The summed E-state index contributed by atoms with van der Waals surface area (Å²) in [6.45, 7) is 2.08. The molecule has 15 heavy (non-hydrogen) atoms. The van der Waals surface area contributed by atoms with Crippen molar-refractivity contribution in [2.45, 2.75) is 13.0 Å². The first-order valence-corrected chi connectivity index (χ1v) is 7.20. The maximum absolute atomic E-state index is 6.19. The molecule has 2 N–H and O–H groups in total. The van der Waals surface area contributed by atoms with Gasteiger partial charge in [-0.05, 0) is 45.9 Å². The molecular formula is C10H9BrClNS2. The van der Waals surface area contributed by atoms with E-state index in [1.807, 2.05) is 6.07 Å². The molecule has 1 nitrogen and oxygen atoms in total. The van der Waals surface area contributed by atoms with Crippen LogP contribution in [0, 0.1) is 6.92 Å². The van der Waals surface area contributed by atoms with Gasteiger partial charge in [0.1, 0.15) is 0 Å². The Kier molecular flexibility index (Phi) is 3.52. The maximum Gasteiger partial charge on any atom is 0.0888 e. The van der Waals surface area contributed by atoms with E-state index in [0.717, 1.165) is 13.7 Å². The Morgan fingerprint density at radius 1 is 1.53 bits per heavy atom. The molecule has 2 rings (SSSR count). The number of hydrogen-bond acceptors (Lipinski definition) is 3. The summed E-state index contributed by atoms with van der Waals surface area (Å²) in [7, 11) is 0. The highest BCUT2D eigenvalue weighted by Gasteiger charge is 2.16. The Morgan fingerprint density at radius 2 is 2.27 bits per heavy atom. The first-order chi connectivity index (χ1) is 7.09. The van der Waals surface area contributed by atoms with Crippen molar-refractivity contribution < 1.29 is 0 Å². The minimum Gasteiger partial charge on any atom is -0.319 e. The molecule has 0 fully saturated rings. The zero-order valence-corrected chi connectivity index (χ0v) is 11.9. The van der Waals surface area contributed by atoms with Crippen LogP contribution in [-0.2, 0) is 0 Å². The maximum atomic E-state index is 6.19. The third-order valence-electron chi connectivity index (χ3n) is 2.15. The zero-order chi connectivity index (χ0) is 11.0. The first kappa shape index (κ1) is 11.6. The van der Waals surface area contributed by atoms with Crippen LogP contribution < -0.4 is 5.73 Å². The molecule has 0 aliphatic carbocycles. The summed E-state index contributed by atoms with van der Waals surface area (Å²) in [6, 6.07) is 3.96. The summed E-state index contributed by atoms with van der Waals surface area (Å²) >= 11 is 12.7. The van der Waals surface area contributed by atoms with Crippen molar-refractivity contribution in [2.75, 3.05) is 0 Å². The van der Waals surface area contributed by atoms with Gasteiger partial charge in [0.05, 0.1) is 14.9 Å². The highest BCUT2D eigenvalue weighted by Crippen LogP contribution is 2.38. The molecule has 2 aromatic heterocycles. The highest BCUT2D eigenvalue weighted by molar-refractivity contribution is 9.11. The normalized spacial score (nSPS) is 13.1. The molecule has 2 aromatic rings. The smallest absolute Gasteiger partial charge is 0.0888 e. The second-order valence-corrected chi connectivity index (χ2v) is 6.97. The minimum atomic E-state index is -0.0567. The number of aryl methyl sites for hydroxylation is 1. The van der Waals surface area contributed by atoms with E-state index >= 15 is 0 Å². The molecule has 0 aliphatic rings. The molecule has 0 saturated heterocycles. The Morgan fingerprint density at radius 3 is 2.73 bits per heavy atom. The van der Waals surface area contributed by atoms with Gasteiger partial charge in [-0.1, -0.05) is 11.6 Å². The average Bonchev–Trinajstić information content (AvgIpc) is 2.74. The predicted molar refractivity (Wildman–Crippen MR) is 72.1 cm³/mol. The van der Waals surface area contributed by atoms with E-state index in [9.17, 15) is 0 Å². The lowest BCUT2D eigenvalue weighted by atomic mass is 10.1. The van der Waals surface area contributed by atoms with Crippen molar-refractivity contribution in [2.24, 2.45) is 5.73 Å². The Balaban J connectivity index is 2.36. The molecule has 80 valence electrons. The molecule has 2 heterocycles. The lowest BCUT2D eigenvalue weighted by Crippen LogP contribution is -2.09. The van der Waals surface area contributed by atoms with Crippen LogP contribution in [0.3, 0.4) is 0 Å². The van der Waals surface area contributed by atoms with Crippen LogP contribution in [0.5, 0.6) is 0 Å². The standard InChI is InChI=1S/C10H9BrClNS2/c1-5-2-3-14-9(5)8(13)7-4-6(12)10(11)15-7/h2-4,8H,13H2,1H3. The first-order valence-electron chi connectivity index (χ1n) is 4.34. The third-order valence-corrected chi connectivity index (χ3v) is 5.81. The van der Waals surface area contributed by atoms with E-state index in [2.05, 4.69) is 34.3 Å². The molecule has 0 aliphatic heterocycles. The van der Waals surface area contributed by atoms with Gasteiger partial charge in [0.15, 0.2) is 0 Å².